The molecule has 45 heavy (non-hydrogen) atoms. The van der Waals surface area contributed by atoms with Crippen LogP contribution in [-0.4, -0.2) is 85.4 Å². The number of nitrogens with one attached hydrogen (secondary N) is 2. The van der Waals surface area contributed by atoms with Crippen LogP contribution in [0.5, 0.6) is 5.75 Å². The fourth-order valence-electron chi connectivity index (χ4n) is 6.51. The molecule has 0 spiro atoms. The highest BCUT2D eigenvalue weighted by molar-refractivity contribution is 5.81. The van der Waals surface area contributed by atoms with Gasteiger partial charge in [-0.15, -0.1) is 0 Å². The molecule has 2 aliphatic rings. The summed E-state index contributed by atoms with van der Waals surface area (Å²) in [5, 5.41) is 6.54. The average Bonchev–Trinajstić information content (AvgIpc) is 3.04. The molecule has 9 nitrogen and oxygen atoms in total. The minimum atomic E-state index is -0.466. The molecule has 2 N–H and O–H groups in total. The van der Waals surface area contributed by atoms with Gasteiger partial charge in [-0.2, -0.15) is 0 Å². The first-order valence-electron chi connectivity index (χ1n) is 16.5. The van der Waals surface area contributed by atoms with Crippen LogP contribution in [0.15, 0.2) is 42.5 Å². The van der Waals surface area contributed by atoms with E-state index >= 15 is 0 Å². The largest absolute Gasteiger partial charge is 0.490 e. The van der Waals surface area contributed by atoms with Crippen molar-refractivity contribution in [2.75, 3.05) is 72.2 Å². The molecule has 2 heterocycles. The number of fused-ring (bicyclic) bond motifs is 1. The van der Waals surface area contributed by atoms with Crippen molar-refractivity contribution >= 4 is 11.6 Å². The van der Waals surface area contributed by atoms with Crippen molar-refractivity contribution in [3.63, 3.8) is 0 Å². The zero-order valence-corrected chi connectivity index (χ0v) is 28.2. The maximum absolute atomic E-state index is 12.6. The van der Waals surface area contributed by atoms with Crippen LogP contribution in [0, 0.1) is 11.3 Å². The van der Waals surface area contributed by atoms with Crippen LogP contribution in [0.1, 0.15) is 62.6 Å². The van der Waals surface area contributed by atoms with Gasteiger partial charge in [0.1, 0.15) is 12.4 Å². The molecule has 1 amide bonds. The lowest BCUT2D eigenvalue weighted by Gasteiger charge is -2.40. The Bertz CT molecular complexity index is 1190. The van der Waals surface area contributed by atoms with Gasteiger partial charge < -0.3 is 39.2 Å². The van der Waals surface area contributed by atoms with Crippen LogP contribution >= 0.6 is 0 Å². The summed E-state index contributed by atoms with van der Waals surface area (Å²) < 4.78 is 29.1. The maximum Gasteiger partial charge on any atom is 0.225 e. The monoisotopic (exact) mass is 625 g/mol. The first-order chi connectivity index (χ1) is 21.7. The Labute approximate surface area is 270 Å². The summed E-state index contributed by atoms with van der Waals surface area (Å²) in [7, 11) is 5.18. The van der Waals surface area contributed by atoms with Gasteiger partial charge in [0.05, 0.1) is 44.8 Å². The second-order valence-electron chi connectivity index (χ2n) is 13.3. The molecule has 0 aromatic heterocycles. The van der Waals surface area contributed by atoms with Crippen molar-refractivity contribution in [1.29, 1.82) is 0 Å². The molecule has 250 valence electrons. The number of amides is 1. The first-order valence-corrected chi connectivity index (χ1v) is 16.5. The number of rotatable bonds is 17. The van der Waals surface area contributed by atoms with Crippen molar-refractivity contribution in [3.05, 3.63) is 59.2 Å². The standard InChI is InChI=1S/C36H55N3O6/c1-26(22-42-6)23-43-24-27-8-11-29(12-9-27)31-19-30(20-36(2,3)35(40)37-4)38-21-34(31)45-25-28-10-13-33-32(18-28)39(15-17-44-33)14-7-16-41-5/h8-13,18,26,30-31,34,38H,7,14-17,19-25H2,1-6H3,(H,37,40)/t26-,30+,31+,34-/m0/s1. The maximum atomic E-state index is 12.6. The molecule has 2 aliphatic heterocycles. The highest BCUT2D eigenvalue weighted by Gasteiger charge is 2.37. The average molecular weight is 626 g/mol. The quantitative estimate of drug-likeness (QED) is 0.240. The topological polar surface area (TPSA) is 90.5 Å². The van der Waals surface area contributed by atoms with Crippen LogP contribution in [-0.2, 0) is 37.0 Å². The molecule has 4 atom stereocenters. The predicted molar refractivity (Wildman–Crippen MR) is 178 cm³/mol. The van der Waals surface area contributed by atoms with Crippen molar-refractivity contribution in [2.24, 2.45) is 11.3 Å². The van der Waals surface area contributed by atoms with Gasteiger partial charge in [0.2, 0.25) is 5.91 Å². The summed E-state index contributed by atoms with van der Waals surface area (Å²) in [4.78, 5) is 15.0. The minimum absolute atomic E-state index is 0.00792. The van der Waals surface area contributed by atoms with Crippen molar-refractivity contribution in [1.82, 2.24) is 10.6 Å². The molecule has 0 aliphatic carbocycles. The van der Waals surface area contributed by atoms with Gasteiger partial charge in [0, 0.05) is 64.3 Å². The van der Waals surface area contributed by atoms with Gasteiger partial charge >= 0.3 is 0 Å². The normalized spacial score (nSPS) is 20.8. The third-order valence-electron chi connectivity index (χ3n) is 8.95. The van der Waals surface area contributed by atoms with Crippen LogP contribution in [0.2, 0.25) is 0 Å². The number of methoxy groups -OCH3 is 2. The Kier molecular flexibility index (Phi) is 13.5. The van der Waals surface area contributed by atoms with E-state index in [2.05, 4.69) is 64.9 Å². The SMILES string of the molecule is CNC(=O)C(C)(C)C[C@H]1C[C@H](c2ccc(COC[C@@H](C)COC)cc2)[C@@H](OCc2ccc3c(c2)N(CCCOC)CCO3)CN1. The lowest BCUT2D eigenvalue weighted by molar-refractivity contribution is -0.129. The zero-order valence-electron chi connectivity index (χ0n) is 28.2. The molecular formula is C36H55N3O6. The molecule has 0 bridgehead atoms. The van der Waals surface area contributed by atoms with E-state index < -0.39 is 5.41 Å². The van der Waals surface area contributed by atoms with Gasteiger partial charge in [0.15, 0.2) is 0 Å². The third-order valence-corrected chi connectivity index (χ3v) is 8.95. The summed E-state index contributed by atoms with van der Waals surface area (Å²) in [5.74, 6) is 1.55. The fraction of sp³-hybridized carbons (Fsp3) is 0.639. The van der Waals surface area contributed by atoms with Gasteiger partial charge in [-0.25, -0.2) is 0 Å². The zero-order chi connectivity index (χ0) is 32.2. The molecule has 1 fully saturated rings. The molecule has 1 saturated heterocycles. The second kappa shape index (κ2) is 17.3. The third kappa shape index (κ3) is 10.1. The summed E-state index contributed by atoms with van der Waals surface area (Å²) in [6, 6.07) is 15.4. The smallest absolute Gasteiger partial charge is 0.225 e. The number of carbonyl (C=O) groups is 1. The number of nitrogens with zero attached hydrogens (tertiary/aromatic N) is 1. The van der Waals surface area contributed by atoms with E-state index in [4.69, 9.17) is 23.7 Å². The number of ether oxygens (including phenoxy) is 5. The Morgan fingerprint density at radius 1 is 1.09 bits per heavy atom. The number of hydrogen-bond donors (Lipinski definition) is 2. The van der Waals surface area contributed by atoms with Crippen LogP contribution in [0.3, 0.4) is 0 Å². The number of hydrogen-bond acceptors (Lipinski definition) is 8. The summed E-state index contributed by atoms with van der Waals surface area (Å²) in [5.41, 5.74) is 4.20. The summed E-state index contributed by atoms with van der Waals surface area (Å²) in [6.45, 7) is 12.6. The molecule has 2 aromatic carbocycles. The second-order valence-corrected chi connectivity index (χ2v) is 13.3. The Morgan fingerprint density at radius 3 is 2.60 bits per heavy atom. The van der Waals surface area contributed by atoms with E-state index in [0.717, 1.165) is 68.1 Å². The molecule has 0 unspecified atom stereocenters. The first kappa shape index (κ1) is 35.2. The molecule has 4 rings (SSSR count). The number of anilines is 1. The Morgan fingerprint density at radius 2 is 1.87 bits per heavy atom. The van der Waals surface area contributed by atoms with E-state index in [1.807, 2.05) is 13.8 Å². The summed E-state index contributed by atoms with van der Waals surface area (Å²) in [6.07, 6.45) is 2.61. The number of carbonyl (C=O) groups excluding carboxylic acids is 1. The molecule has 2 aromatic rings. The van der Waals surface area contributed by atoms with Crippen molar-refractivity contribution < 1.29 is 28.5 Å². The highest BCUT2D eigenvalue weighted by Crippen LogP contribution is 2.36. The molecule has 9 heteroatoms. The molecule has 0 saturated carbocycles. The predicted octanol–water partition coefficient (Wildman–Crippen LogP) is 4.91. The van der Waals surface area contributed by atoms with Gasteiger partial charge in [-0.3, -0.25) is 4.79 Å². The Hall–Kier alpha value is -2.69. The molecular weight excluding hydrogens is 570 g/mol. The number of benzene rings is 2. The fourth-order valence-corrected chi connectivity index (χ4v) is 6.51. The van der Waals surface area contributed by atoms with Crippen LogP contribution < -0.4 is 20.3 Å². The number of piperidine rings is 1. The van der Waals surface area contributed by atoms with E-state index in [1.165, 1.54) is 5.56 Å². The van der Waals surface area contributed by atoms with Crippen molar-refractivity contribution in [2.45, 2.75) is 71.3 Å². The van der Waals surface area contributed by atoms with E-state index in [-0.39, 0.29) is 24.0 Å². The van der Waals surface area contributed by atoms with Crippen molar-refractivity contribution in [3.8, 4) is 5.75 Å². The lowest BCUT2D eigenvalue weighted by atomic mass is 9.77. The van der Waals surface area contributed by atoms with Crippen LogP contribution in [0.4, 0.5) is 5.69 Å². The van der Waals surface area contributed by atoms with E-state index in [9.17, 15) is 4.79 Å². The van der Waals surface area contributed by atoms with Gasteiger partial charge in [-0.1, -0.05) is 51.1 Å². The lowest BCUT2D eigenvalue weighted by Crippen LogP contribution is -2.50. The Balaban J connectivity index is 1.45. The highest BCUT2D eigenvalue weighted by atomic mass is 16.5. The van der Waals surface area contributed by atoms with Gasteiger partial charge in [0.25, 0.3) is 0 Å². The minimum Gasteiger partial charge on any atom is -0.490 e. The van der Waals surface area contributed by atoms with E-state index in [0.29, 0.717) is 39.0 Å². The van der Waals surface area contributed by atoms with Gasteiger partial charge in [-0.05, 0) is 48.1 Å². The van der Waals surface area contributed by atoms with E-state index in [1.54, 1.807) is 21.3 Å². The summed E-state index contributed by atoms with van der Waals surface area (Å²) >= 11 is 0. The molecule has 0 radical (unpaired) electrons. The van der Waals surface area contributed by atoms with Crippen LogP contribution in [0.25, 0.3) is 0 Å².